The maximum atomic E-state index is 13.8. The van der Waals surface area contributed by atoms with Crippen molar-refractivity contribution in [2.24, 2.45) is 0 Å². The summed E-state index contributed by atoms with van der Waals surface area (Å²) in [6.07, 6.45) is 1.71. The summed E-state index contributed by atoms with van der Waals surface area (Å²) >= 11 is 0. The Bertz CT molecular complexity index is 1800. The molecule has 4 nitrogen and oxygen atoms in total. The van der Waals surface area contributed by atoms with E-state index in [0.717, 1.165) is 28.5 Å². The Balaban J connectivity index is 1.29. The van der Waals surface area contributed by atoms with Crippen LogP contribution in [-0.2, 0) is 4.74 Å². The van der Waals surface area contributed by atoms with Crippen LogP contribution in [0.5, 0.6) is 0 Å². The summed E-state index contributed by atoms with van der Waals surface area (Å²) in [5.74, 6) is -0.578. The molecular formula is C42H38NO3P2+. The first-order chi connectivity index (χ1) is 23.6. The Morgan fingerprint density at radius 2 is 1.04 bits per heavy atom. The van der Waals surface area contributed by atoms with Gasteiger partial charge in [-0.1, -0.05) is 115 Å². The van der Waals surface area contributed by atoms with E-state index in [4.69, 9.17) is 4.74 Å². The van der Waals surface area contributed by atoms with Gasteiger partial charge in [0.25, 0.3) is 5.91 Å². The summed E-state index contributed by atoms with van der Waals surface area (Å²) < 4.78 is 5.19. The molecule has 0 aromatic heterocycles. The molecule has 238 valence electrons. The Morgan fingerprint density at radius 1 is 0.604 bits per heavy atom. The molecule has 1 N–H and O–H groups in total. The maximum absolute atomic E-state index is 13.8. The molecule has 0 spiro atoms. The van der Waals surface area contributed by atoms with Gasteiger partial charge < -0.3 is 10.1 Å². The van der Waals surface area contributed by atoms with Crippen molar-refractivity contribution in [1.82, 2.24) is 5.32 Å². The molecule has 0 saturated heterocycles. The zero-order valence-electron chi connectivity index (χ0n) is 26.9. The highest BCUT2D eigenvalue weighted by Gasteiger charge is 2.44. The fourth-order valence-electron chi connectivity index (χ4n) is 6.22. The minimum absolute atomic E-state index is 0.160. The number of hydrogen-bond donors (Lipinski definition) is 1. The first-order valence-corrected chi connectivity index (χ1v) is 19.4. The van der Waals surface area contributed by atoms with Crippen molar-refractivity contribution in [2.45, 2.75) is 6.42 Å². The van der Waals surface area contributed by atoms with Crippen LogP contribution in [0, 0.1) is 0 Å². The second-order valence-corrected chi connectivity index (χ2v) is 17.2. The molecule has 0 aliphatic rings. The second kappa shape index (κ2) is 15.8. The van der Waals surface area contributed by atoms with E-state index in [1.54, 1.807) is 12.1 Å². The first kappa shape index (κ1) is 33.0. The lowest BCUT2D eigenvalue weighted by Crippen LogP contribution is -2.35. The molecule has 1 amide bonds. The minimum atomic E-state index is -2.00. The number of hydrogen-bond acceptors (Lipinski definition) is 3. The Labute approximate surface area is 284 Å². The van der Waals surface area contributed by atoms with Gasteiger partial charge in [-0.05, 0) is 79.5 Å². The zero-order valence-corrected chi connectivity index (χ0v) is 28.7. The Morgan fingerprint density at radius 3 is 1.48 bits per heavy atom. The van der Waals surface area contributed by atoms with Crippen LogP contribution in [0.25, 0.3) is 0 Å². The van der Waals surface area contributed by atoms with E-state index in [9.17, 15) is 9.59 Å². The predicted molar refractivity (Wildman–Crippen MR) is 203 cm³/mol. The summed E-state index contributed by atoms with van der Waals surface area (Å²) in [6, 6.07) is 58.0. The van der Waals surface area contributed by atoms with Crippen molar-refractivity contribution >= 4 is 58.9 Å². The lowest BCUT2D eigenvalue weighted by Gasteiger charge is -2.27. The fraction of sp³-hybridized carbons (Fsp3) is 0.0952. The standard InChI is InChI=1S/C42H37NO3P2/c1-46-42(45)39-29-28-33(32-40(39)47(34-18-7-2-8-19-34)35-20-9-3-10-21-35)41(44)43-30-17-31-48(36-22-11-4-12-23-36,37-24-13-5-14-25-37)38-26-15-6-16-27-38/h2-16,18-29,32H,17,30-31H2,1H3/p+1. The van der Waals surface area contributed by atoms with Gasteiger partial charge in [0.05, 0.1) is 18.8 Å². The molecule has 48 heavy (non-hydrogen) atoms. The third-order valence-corrected chi connectivity index (χ3v) is 15.5. The normalized spacial score (nSPS) is 11.2. The van der Waals surface area contributed by atoms with Gasteiger partial charge in [0.2, 0.25) is 0 Å². The number of carbonyl (C=O) groups is 2. The van der Waals surface area contributed by atoms with Crippen LogP contribution in [0.1, 0.15) is 27.1 Å². The molecule has 0 aliphatic carbocycles. The molecular weight excluding hydrogens is 628 g/mol. The van der Waals surface area contributed by atoms with Crippen LogP contribution in [0.2, 0.25) is 0 Å². The van der Waals surface area contributed by atoms with E-state index < -0.39 is 21.2 Å². The summed E-state index contributed by atoms with van der Waals surface area (Å²) in [5.41, 5.74) is 0.989. The SMILES string of the molecule is COC(=O)c1ccc(C(=O)NCCC[P+](c2ccccc2)(c2ccccc2)c2ccccc2)cc1P(c1ccccc1)c1ccccc1. The van der Waals surface area contributed by atoms with Crippen LogP contribution < -0.4 is 37.1 Å². The van der Waals surface area contributed by atoms with E-state index in [0.29, 0.717) is 17.7 Å². The fourth-order valence-corrected chi connectivity index (χ4v) is 13.0. The van der Waals surface area contributed by atoms with Crippen molar-refractivity contribution in [3.8, 4) is 0 Å². The van der Waals surface area contributed by atoms with Crippen LogP contribution in [0.3, 0.4) is 0 Å². The van der Waals surface area contributed by atoms with Crippen molar-refractivity contribution in [3.05, 3.63) is 181 Å². The van der Waals surface area contributed by atoms with E-state index in [1.165, 1.54) is 23.0 Å². The van der Waals surface area contributed by atoms with Gasteiger partial charge in [0.15, 0.2) is 0 Å². The molecule has 0 fully saturated rings. The summed E-state index contributed by atoms with van der Waals surface area (Å²) in [6.45, 7) is 0.521. The van der Waals surface area contributed by atoms with Crippen LogP contribution in [0.15, 0.2) is 170 Å². The number of benzene rings is 6. The van der Waals surface area contributed by atoms with E-state index in [-0.39, 0.29) is 5.91 Å². The highest BCUT2D eigenvalue weighted by Crippen LogP contribution is 2.55. The molecule has 0 aliphatic heterocycles. The van der Waals surface area contributed by atoms with Crippen LogP contribution in [0.4, 0.5) is 0 Å². The molecule has 0 unspecified atom stereocenters. The Hall–Kier alpha value is -4.88. The second-order valence-electron chi connectivity index (χ2n) is 11.4. The average molecular weight is 667 g/mol. The number of nitrogens with one attached hydrogen (secondary N) is 1. The minimum Gasteiger partial charge on any atom is -0.465 e. The van der Waals surface area contributed by atoms with Gasteiger partial charge in [-0.3, -0.25) is 4.79 Å². The number of methoxy groups -OCH3 is 1. The molecule has 6 heteroatoms. The van der Waals surface area contributed by atoms with Crippen molar-refractivity contribution in [3.63, 3.8) is 0 Å². The maximum Gasteiger partial charge on any atom is 0.338 e. The van der Waals surface area contributed by atoms with Gasteiger partial charge in [-0.15, -0.1) is 0 Å². The van der Waals surface area contributed by atoms with Gasteiger partial charge in [0.1, 0.15) is 23.2 Å². The van der Waals surface area contributed by atoms with Crippen LogP contribution >= 0.6 is 15.2 Å². The Kier molecular flexibility index (Phi) is 10.9. The quantitative estimate of drug-likeness (QED) is 0.0942. The lowest BCUT2D eigenvalue weighted by atomic mass is 10.1. The highest BCUT2D eigenvalue weighted by molar-refractivity contribution is 7.95. The van der Waals surface area contributed by atoms with Gasteiger partial charge in [0, 0.05) is 17.4 Å². The van der Waals surface area contributed by atoms with Crippen molar-refractivity contribution < 1.29 is 14.3 Å². The molecule has 6 rings (SSSR count). The van der Waals surface area contributed by atoms with Crippen molar-refractivity contribution in [2.75, 3.05) is 19.8 Å². The molecule has 0 bridgehead atoms. The summed E-state index contributed by atoms with van der Waals surface area (Å²) in [4.78, 5) is 26.8. The molecule has 6 aromatic rings. The van der Waals surface area contributed by atoms with Gasteiger partial charge >= 0.3 is 5.97 Å². The van der Waals surface area contributed by atoms with Crippen molar-refractivity contribution in [1.29, 1.82) is 0 Å². The number of carbonyl (C=O) groups excluding carboxylic acids is 2. The first-order valence-electron chi connectivity index (χ1n) is 16.1. The van der Waals surface area contributed by atoms with Gasteiger partial charge in [-0.2, -0.15) is 0 Å². The van der Waals surface area contributed by atoms with Gasteiger partial charge in [-0.25, -0.2) is 4.79 Å². The largest absolute Gasteiger partial charge is 0.465 e. The zero-order chi connectivity index (χ0) is 33.2. The molecule has 0 saturated carbocycles. The molecule has 0 heterocycles. The number of ether oxygens (including phenoxy) is 1. The number of amides is 1. The number of esters is 1. The van der Waals surface area contributed by atoms with E-state index in [1.807, 2.05) is 42.5 Å². The molecule has 0 radical (unpaired) electrons. The smallest absolute Gasteiger partial charge is 0.338 e. The van der Waals surface area contributed by atoms with Crippen LogP contribution in [-0.4, -0.2) is 31.7 Å². The third-order valence-electron chi connectivity index (χ3n) is 8.48. The summed E-state index contributed by atoms with van der Waals surface area (Å²) in [5, 5.41) is 10.2. The number of rotatable bonds is 12. The topological polar surface area (TPSA) is 55.4 Å². The molecule has 6 aromatic carbocycles. The molecule has 0 atom stereocenters. The predicted octanol–water partition coefficient (Wildman–Crippen LogP) is 6.35. The van der Waals surface area contributed by atoms with E-state index >= 15 is 0 Å². The highest BCUT2D eigenvalue weighted by atomic mass is 31.2. The summed E-state index contributed by atoms with van der Waals surface area (Å²) in [7, 11) is -1.73. The van der Waals surface area contributed by atoms with E-state index in [2.05, 4.69) is 121 Å². The third kappa shape index (κ3) is 7.16. The monoisotopic (exact) mass is 666 g/mol. The average Bonchev–Trinajstić information content (AvgIpc) is 3.16. The lowest BCUT2D eigenvalue weighted by molar-refractivity contribution is 0.0602.